The van der Waals surface area contributed by atoms with Crippen molar-refractivity contribution in [2.75, 3.05) is 19.6 Å². The number of nitrogens with zero attached hydrogens (tertiary/aromatic N) is 2. The van der Waals surface area contributed by atoms with Crippen LogP contribution in [-0.2, 0) is 10.0 Å². The highest BCUT2D eigenvalue weighted by Crippen LogP contribution is 2.29. The molecule has 8 heteroatoms. The number of piperidine rings is 1. The molecule has 0 aliphatic carbocycles. The molecule has 0 aromatic carbocycles. The lowest BCUT2D eigenvalue weighted by molar-refractivity contribution is 0.141. The Balaban J connectivity index is 1.73. The molecule has 2 aromatic rings. The highest BCUT2D eigenvalue weighted by Gasteiger charge is 2.27. The van der Waals surface area contributed by atoms with Gasteiger partial charge in [0.1, 0.15) is 10.0 Å². The number of hydrogen-bond donors (Lipinski definition) is 1. The predicted molar refractivity (Wildman–Crippen MR) is 101 cm³/mol. The molecule has 25 heavy (non-hydrogen) atoms. The van der Waals surface area contributed by atoms with E-state index in [0.717, 1.165) is 31.8 Å². The van der Waals surface area contributed by atoms with Gasteiger partial charge in [0.05, 0.1) is 6.04 Å². The summed E-state index contributed by atoms with van der Waals surface area (Å²) < 4.78 is 27.8. The van der Waals surface area contributed by atoms with Gasteiger partial charge in [-0.05, 0) is 55.4 Å². The lowest BCUT2D eigenvalue weighted by Gasteiger charge is -2.36. The van der Waals surface area contributed by atoms with Gasteiger partial charge in [0.2, 0.25) is 10.0 Å². The van der Waals surface area contributed by atoms with E-state index in [1.54, 1.807) is 11.3 Å². The normalized spacial score (nSPS) is 18.3. The lowest BCUT2D eigenvalue weighted by atomic mass is 9.97. The molecule has 5 nitrogen and oxygen atoms in total. The maximum absolute atomic E-state index is 12.5. The van der Waals surface area contributed by atoms with E-state index in [1.165, 1.54) is 23.2 Å². The first-order valence-electron chi connectivity index (χ1n) is 8.34. The summed E-state index contributed by atoms with van der Waals surface area (Å²) >= 11 is 7.41. The van der Waals surface area contributed by atoms with Crippen LogP contribution in [0.15, 0.2) is 40.7 Å². The van der Waals surface area contributed by atoms with Crippen molar-refractivity contribution >= 4 is 33.0 Å². The third-order valence-corrected chi connectivity index (χ3v) is 7.21. The summed E-state index contributed by atoms with van der Waals surface area (Å²) in [5.74, 6) is 0.733. The van der Waals surface area contributed by atoms with Gasteiger partial charge in [-0.2, -0.15) is 0 Å². The monoisotopic (exact) mass is 399 g/mol. The van der Waals surface area contributed by atoms with Gasteiger partial charge in [0.25, 0.3) is 0 Å². The number of thiophene rings is 1. The first-order valence-corrected chi connectivity index (χ1v) is 11.1. The predicted octanol–water partition coefficient (Wildman–Crippen LogP) is 3.55. The summed E-state index contributed by atoms with van der Waals surface area (Å²) in [7, 11) is -3.61. The second-order valence-corrected chi connectivity index (χ2v) is 9.55. The van der Waals surface area contributed by atoms with Crippen LogP contribution in [0.2, 0.25) is 5.15 Å². The summed E-state index contributed by atoms with van der Waals surface area (Å²) in [6.45, 7) is 4.61. The highest BCUT2D eigenvalue weighted by molar-refractivity contribution is 7.89. The molecule has 1 N–H and O–H groups in total. The van der Waals surface area contributed by atoms with Crippen LogP contribution in [0.25, 0.3) is 0 Å². The molecule has 1 fully saturated rings. The van der Waals surface area contributed by atoms with E-state index in [2.05, 4.69) is 27.6 Å². The molecular formula is C17H22ClN3O2S2. The van der Waals surface area contributed by atoms with Gasteiger partial charge in [-0.3, -0.25) is 4.90 Å². The quantitative estimate of drug-likeness (QED) is 0.754. The SMILES string of the molecule is CC1CCN(C(CNS(=O)(=O)c2ccc(Cl)nc2)c2cccs2)CC1. The topological polar surface area (TPSA) is 62.3 Å². The minimum atomic E-state index is -3.61. The van der Waals surface area contributed by atoms with Gasteiger partial charge >= 0.3 is 0 Å². The van der Waals surface area contributed by atoms with Gasteiger partial charge in [0.15, 0.2) is 0 Å². The number of likely N-dealkylation sites (tertiary alicyclic amines) is 1. The fraction of sp³-hybridized carbons (Fsp3) is 0.471. The van der Waals surface area contributed by atoms with Crippen LogP contribution < -0.4 is 4.72 Å². The Morgan fingerprint density at radius 2 is 2.12 bits per heavy atom. The molecule has 0 bridgehead atoms. The molecule has 0 spiro atoms. The van der Waals surface area contributed by atoms with Gasteiger partial charge in [0, 0.05) is 17.6 Å². The smallest absolute Gasteiger partial charge is 0.242 e. The van der Waals surface area contributed by atoms with E-state index in [1.807, 2.05) is 11.4 Å². The lowest BCUT2D eigenvalue weighted by Crippen LogP contribution is -2.41. The Morgan fingerprint density at radius 1 is 1.36 bits per heavy atom. The molecular weight excluding hydrogens is 378 g/mol. The van der Waals surface area contributed by atoms with Gasteiger partial charge in [-0.1, -0.05) is 24.6 Å². The van der Waals surface area contributed by atoms with E-state index < -0.39 is 10.0 Å². The second kappa shape index (κ2) is 8.14. The van der Waals surface area contributed by atoms with E-state index in [9.17, 15) is 8.42 Å². The summed E-state index contributed by atoms with van der Waals surface area (Å²) in [5.41, 5.74) is 0. The molecule has 0 saturated carbocycles. The number of rotatable bonds is 6. The minimum absolute atomic E-state index is 0.0579. The number of sulfonamides is 1. The first-order chi connectivity index (χ1) is 12.0. The van der Waals surface area contributed by atoms with Gasteiger partial charge in [-0.15, -0.1) is 11.3 Å². The van der Waals surface area contributed by atoms with E-state index in [4.69, 9.17) is 11.6 Å². The van der Waals surface area contributed by atoms with Crippen molar-refractivity contribution in [3.63, 3.8) is 0 Å². The molecule has 1 unspecified atom stereocenters. The van der Waals surface area contributed by atoms with E-state index >= 15 is 0 Å². The van der Waals surface area contributed by atoms with Crippen molar-refractivity contribution in [1.29, 1.82) is 0 Å². The number of nitrogens with one attached hydrogen (secondary N) is 1. The third kappa shape index (κ3) is 4.80. The number of halogens is 1. The second-order valence-electron chi connectivity index (χ2n) is 6.42. The average Bonchev–Trinajstić information content (AvgIpc) is 3.11. The molecule has 3 heterocycles. The zero-order chi connectivity index (χ0) is 17.9. The fourth-order valence-electron chi connectivity index (χ4n) is 3.02. The number of hydrogen-bond acceptors (Lipinski definition) is 5. The van der Waals surface area contributed by atoms with Crippen molar-refractivity contribution in [3.8, 4) is 0 Å². The first kappa shape index (κ1) is 18.8. The fourth-order valence-corrected chi connectivity index (χ4v) is 4.98. The number of pyridine rings is 1. The zero-order valence-corrected chi connectivity index (χ0v) is 16.4. The van der Waals surface area contributed by atoms with Crippen molar-refractivity contribution in [1.82, 2.24) is 14.6 Å². The Morgan fingerprint density at radius 3 is 2.72 bits per heavy atom. The molecule has 1 aliphatic heterocycles. The van der Waals surface area contributed by atoms with Crippen molar-refractivity contribution in [3.05, 3.63) is 45.9 Å². The zero-order valence-electron chi connectivity index (χ0n) is 14.1. The summed E-state index contributed by atoms with van der Waals surface area (Å²) in [6, 6.07) is 7.10. The van der Waals surface area contributed by atoms with Crippen molar-refractivity contribution in [2.45, 2.75) is 30.7 Å². The largest absolute Gasteiger partial charge is 0.294 e. The van der Waals surface area contributed by atoms with Crippen LogP contribution in [0.3, 0.4) is 0 Å². The highest BCUT2D eigenvalue weighted by atomic mass is 35.5. The Bertz CT molecular complexity index is 771. The molecule has 0 radical (unpaired) electrons. The average molecular weight is 400 g/mol. The maximum atomic E-state index is 12.5. The van der Waals surface area contributed by atoms with E-state index in [-0.39, 0.29) is 16.1 Å². The standard InChI is InChI=1S/C17H22ClN3O2S2/c1-13-6-8-21(9-7-13)15(16-3-2-10-24-16)12-20-25(22,23)14-4-5-17(18)19-11-14/h2-5,10-11,13,15,20H,6-9,12H2,1H3. The third-order valence-electron chi connectivity index (χ3n) is 4.61. The Labute approximate surface area is 158 Å². The molecule has 136 valence electrons. The van der Waals surface area contributed by atoms with Crippen LogP contribution in [0.5, 0.6) is 0 Å². The molecule has 2 aromatic heterocycles. The summed E-state index contributed by atoms with van der Waals surface area (Å²) in [6.07, 6.45) is 3.58. The molecule has 3 rings (SSSR count). The minimum Gasteiger partial charge on any atom is -0.294 e. The molecule has 0 amide bonds. The summed E-state index contributed by atoms with van der Waals surface area (Å²) in [5, 5.41) is 2.31. The van der Waals surface area contributed by atoms with Gasteiger partial charge in [-0.25, -0.2) is 18.1 Å². The van der Waals surface area contributed by atoms with Gasteiger partial charge < -0.3 is 0 Å². The maximum Gasteiger partial charge on any atom is 0.242 e. The molecule has 1 atom stereocenters. The van der Waals surface area contributed by atoms with Crippen LogP contribution in [0.4, 0.5) is 0 Å². The van der Waals surface area contributed by atoms with E-state index in [0.29, 0.717) is 6.54 Å². The van der Waals surface area contributed by atoms with Crippen molar-refractivity contribution in [2.24, 2.45) is 5.92 Å². The van der Waals surface area contributed by atoms with Crippen molar-refractivity contribution < 1.29 is 8.42 Å². The molecule has 1 aliphatic rings. The Kier molecular flexibility index (Phi) is 6.12. The van der Waals surface area contributed by atoms with Crippen LogP contribution in [0.1, 0.15) is 30.7 Å². The van der Waals surface area contributed by atoms with Crippen LogP contribution in [0, 0.1) is 5.92 Å². The Hall–Kier alpha value is -0.990. The molecule has 1 saturated heterocycles. The van der Waals surface area contributed by atoms with Crippen LogP contribution in [-0.4, -0.2) is 37.9 Å². The summed E-state index contributed by atoms with van der Waals surface area (Å²) in [4.78, 5) is 7.56. The number of aromatic nitrogens is 1. The van der Waals surface area contributed by atoms with Crippen LogP contribution >= 0.6 is 22.9 Å².